The molecule has 2 aromatic carbocycles. The molecule has 0 unspecified atom stereocenters. The van der Waals surface area contributed by atoms with Gasteiger partial charge in [0, 0.05) is 5.02 Å². The number of nitrogens with one attached hydrogen (secondary N) is 1. The molecule has 3 aromatic rings. The molecule has 1 N–H and O–H groups in total. The van der Waals surface area contributed by atoms with Crippen molar-refractivity contribution in [3.63, 3.8) is 0 Å². The highest BCUT2D eigenvalue weighted by molar-refractivity contribution is 8.01. The zero-order chi connectivity index (χ0) is 16.1. The molecule has 0 fully saturated rings. The van der Waals surface area contributed by atoms with Crippen molar-refractivity contribution in [2.75, 3.05) is 5.75 Å². The fourth-order valence-corrected chi connectivity index (χ4v) is 3.79. The van der Waals surface area contributed by atoms with Gasteiger partial charge in [-0.2, -0.15) is 5.10 Å². The first-order valence-corrected chi connectivity index (χ1v) is 8.94. The molecule has 0 aliphatic carbocycles. The summed E-state index contributed by atoms with van der Waals surface area (Å²) in [7, 11) is 0. The van der Waals surface area contributed by atoms with E-state index in [0.717, 1.165) is 20.1 Å². The van der Waals surface area contributed by atoms with Crippen LogP contribution in [0.5, 0.6) is 0 Å². The van der Waals surface area contributed by atoms with Crippen LogP contribution in [0.4, 0.5) is 0 Å². The Bertz CT molecular complexity index is 813. The van der Waals surface area contributed by atoms with Crippen LogP contribution in [0.2, 0.25) is 5.02 Å². The fourth-order valence-electron chi connectivity index (χ4n) is 1.80. The van der Waals surface area contributed by atoms with Crippen molar-refractivity contribution in [2.45, 2.75) is 4.34 Å². The fraction of sp³-hybridized carbons (Fsp3) is 0.0625. The molecule has 1 aromatic heterocycles. The number of rotatable bonds is 5. The molecule has 116 valence electrons. The molecule has 0 radical (unpaired) electrons. The minimum absolute atomic E-state index is 0.167. The van der Waals surface area contributed by atoms with Gasteiger partial charge >= 0.3 is 0 Å². The van der Waals surface area contributed by atoms with E-state index in [9.17, 15) is 4.79 Å². The summed E-state index contributed by atoms with van der Waals surface area (Å²) in [5.74, 6) is 0.108. The lowest BCUT2D eigenvalue weighted by atomic mass is 10.2. The molecule has 0 atom stereocenters. The summed E-state index contributed by atoms with van der Waals surface area (Å²) in [4.78, 5) is 16.3. The lowest BCUT2D eigenvalue weighted by Crippen LogP contribution is -2.19. The summed E-state index contributed by atoms with van der Waals surface area (Å²) in [5.41, 5.74) is 4.33. The normalized spacial score (nSPS) is 11.2. The number of nitrogens with zero attached hydrogens (tertiary/aromatic N) is 2. The molecule has 3 rings (SSSR count). The maximum Gasteiger partial charge on any atom is 0.250 e. The monoisotopic (exact) mass is 361 g/mol. The van der Waals surface area contributed by atoms with Crippen LogP contribution in [-0.2, 0) is 4.79 Å². The molecule has 0 saturated heterocycles. The third-order valence-corrected chi connectivity index (χ3v) is 5.31. The van der Waals surface area contributed by atoms with E-state index in [1.165, 1.54) is 11.8 Å². The number of thioether (sulfide) groups is 1. The minimum Gasteiger partial charge on any atom is -0.272 e. The van der Waals surface area contributed by atoms with Gasteiger partial charge in [-0.05, 0) is 29.8 Å². The highest BCUT2D eigenvalue weighted by atomic mass is 35.5. The van der Waals surface area contributed by atoms with Gasteiger partial charge in [-0.3, -0.25) is 4.79 Å². The first-order valence-electron chi connectivity index (χ1n) is 6.76. The van der Waals surface area contributed by atoms with E-state index in [4.69, 9.17) is 11.6 Å². The molecule has 4 nitrogen and oxygen atoms in total. The Kier molecular flexibility index (Phi) is 5.27. The van der Waals surface area contributed by atoms with Gasteiger partial charge in [0.2, 0.25) is 0 Å². The third kappa shape index (κ3) is 4.54. The molecule has 0 saturated carbocycles. The number of benzene rings is 2. The number of hydrogen-bond acceptors (Lipinski definition) is 5. The molecular weight excluding hydrogens is 350 g/mol. The zero-order valence-electron chi connectivity index (χ0n) is 11.9. The van der Waals surface area contributed by atoms with Gasteiger partial charge in [-0.15, -0.1) is 11.3 Å². The second-order valence-corrected chi connectivity index (χ2v) is 7.27. The number of aromatic nitrogens is 1. The third-order valence-electron chi connectivity index (χ3n) is 2.87. The smallest absolute Gasteiger partial charge is 0.250 e. The van der Waals surface area contributed by atoms with Crippen LogP contribution in [-0.4, -0.2) is 22.9 Å². The Labute approximate surface area is 146 Å². The predicted octanol–water partition coefficient (Wildman–Crippen LogP) is 4.19. The molecule has 23 heavy (non-hydrogen) atoms. The number of hydrazone groups is 1. The van der Waals surface area contributed by atoms with Crippen molar-refractivity contribution in [1.29, 1.82) is 0 Å². The highest BCUT2D eigenvalue weighted by Crippen LogP contribution is 2.28. The van der Waals surface area contributed by atoms with Gasteiger partial charge in [0.25, 0.3) is 5.91 Å². The number of para-hydroxylation sites is 1. The van der Waals surface area contributed by atoms with E-state index < -0.39 is 0 Å². The van der Waals surface area contributed by atoms with Crippen LogP contribution < -0.4 is 5.43 Å². The maximum absolute atomic E-state index is 11.8. The number of fused-ring (bicyclic) bond motifs is 1. The highest BCUT2D eigenvalue weighted by Gasteiger charge is 2.06. The topological polar surface area (TPSA) is 54.4 Å². The summed E-state index contributed by atoms with van der Waals surface area (Å²) in [6, 6.07) is 15.1. The van der Waals surface area contributed by atoms with Gasteiger partial charge in [0.05, 0.1) is 22.2 Å². The molecule has 7 heteroatoms. The van der Waals surface area contributed by atoms with Gasteiger partial charge in [-0.25, -0.2) is 10.4 Å². The molecular formula is C16H12ClN3OS2. The average Bonchev–Trinajstić information content (AvgIpc) is 2.98. The molecule has 0 aliphatic heterocycles. The van der Waals surface area contributed by atoms with E-state index in [2.05, 4.69) is 15.5 Å². The predicted molar refractivity (Wildman–Crippen MR) is 97.5 cm³/mol. The van der Waals surface area contributed by atoms with Crippen LogP contribution in [0, 0.1) is 0 Å². The van der Waals surface area contributed by atoms with Crippen LogP contribution in [0.15, 0.2) is 58.0 Å². The largest absolute Gasteiger partial charge is 0.272 e. The summed E-state index contributed by atoms with van der Waals surface area (Å²) in [6.07, 6.45) is 1.58. The van der Waals surface area contributed by atoms with Crippen LogP contribution in [0.1, 0.15) is 5.56 Å². The van der Waals surface area contributed by atoms with E-state index in [-0.39, 0.29) is 11.7 Å². The standard InChI is InChI=1S/C16H12ClN3OS2/c17-12-7-5-11(6-8-12)9-18-20-15(21)10-22-16-19-13-3-1-2-4-14(13)23-16/h1-9H,10H2,(H,20,21)/b18-9-. The summed E-state index contributed by atoms with van der Waals surface area (Å²) >= 11 is 8.79. The number of thiazole rings is 1. The summed E-state index contributed by atoms with van der Waals surface area (Å²) in [5, 5.41) is 4.59. The summed E-state index contributed by atoms with van der Waals surface area (Å²) < 4.78 is 2.00. The van der Waals surface area contributed by atoms with E-state index in [0.29, 0.717) is 5.02 Å². The van der Waals surface area contributed by atoms with Crippen LogP contribution >= 0.6 is 34.7 Å². The Morgan fingerprint density at radius 1 is 1.26 bits per heavy atom. The number of hydrogen-bond donors (Lipinski definition) is 1. The van der Waals surface area contributed by atoms with E-state index >= 15 is 0 Å². The molecule has 0 bridgehead atoms. The summed E-state index contributed by atoms with van der Waals surface area (Å²) in [6.45, 7) is 0. The first-order chi connectivity index (χ1) is 11.2. The van der Waals surface area contributed by atoms with Crippen LogP contribution in [0.25, 0.3) is 10.2 Å². The van der Waals surface area contributed by atoms with Gasteiger partial charge in [0.1, 0.15) is 0 Å². The Morgan fingerprint density at radius 2 is 2.04 bits per heavy atom. The Balaban J connectivity index is 1.50. The van der Waals surface area contributed by atoms with Gasteiger partial charge in [0.15, 0.2) is 4.34 Å². The lowest BCUT2D eigenvalue weighted by Gasteiger charge is -1.98. The Morgan fingerprint density at radius 3 is 2.83 bits per heavy atom. The van der Waals surface area contributed by atoms with E-state index in [1.807, 2.05) is 36.4 Å². The molecule has 1 amide bonds. The second-order valence-electron chi connectivity index (χ2n) is 4.58. The Hall–Kier alpha value is -1.89. The number of amides is 1. The zero-order valence-corrected chi connectivity index (χ0v) is 14.3. The minimum atomic E-state index is -0.167. The first kappa shape index (κ1) is 16.0. The lowest BCUT2D eigenvalue weighted by molar-refractivity contribution is -0.118. The van der Waals surface area contributed by atoms with Crippen molar-refractivity contribution in [2.24, 2.45) is 5.10 Å². The van der Waals surface area contributed by atoms with Crippen molar-refractivity contribution in [1.82, 2.24) is 10.4 Å². The van der Waals surface area contributed by atoms with E-state index in [1.54, 1.807) is 29.7 Å². The molecule has 1 heterocycles. The number of carbonyl (C=O) groups excluding carboxylic acids is 1. The van der Waals surface area contributed by atoms with Gasteiger partial charge in [-0.1, -0.05) is 47.6 Å². The van der Waals surface area contributed by atoms with Crippen LogP contribution in [0.3, 0.4) is 0 Å². The second kappa shape index (κ2) is 7.59. The van der Waals surface area contributed by atoms with Gasteiger partial charge < -0.3 is 0 Å². The van der Waals surface area contributed by atoms with Crippen molar-refractivity contribution >= 4 is 57.0 Å². The molecule has 0 aliphatic rings. The average molecular weight is 362 g/mol. The quantitative estimate of drug-likeness (QED) is 0.421. The number of carbonyl (C=O) groups is 1. The molecule has 0 spiro atoms. The van der Waals surface area contributed by atoms with Crippen molar-refractivity contribution in [3.05, 3.63) is 59.1 Å². The maximum atomic E-state index is 11.8. The van der Waals surface area contributed by atoms with Crippen molar-refractivity contribution < 1.29 is 4.79 Å². The van der Waals surface area contributed by atoms with Crippen molar-refractivity contribution in [3.8, 4) is 0 Å². The number of halogens is 1. The SMILES string of the molecule is O=C(CSc1nc2ccccc2s1)N/N=C\c1ccc(Cl)cc1.